The molecular formula is C19H22N6O. The molecule has 3 aromatic heterocycles. The van der Waals surface area contributed by atoms with Gasteiger partial charge in [-0.1, -0.05) is 18.2 Å². The smallest absolute Gasteiger partial charge is 0.269 e. The van der Waals surface area contributed by atoms with Gasteiger partial charge in [0.2, 0.25) is 0 Å². The Labute approximate surface area is 152 Å². The summed E-state index contributed by atoms with van der Waals surface area (Å²) < 4.78 is 0. The van der Waals surface area contributed by atoms with Crippen molar-refractivity contribution < 1.29 is 4.79 Å². The first-order valence-electron chi connectivity index (χ1n) is 8.21. The molecular weight excluding hydrogens is 328 g/mol. The minimum absolute atomic E-state index is 0.180. The van der Waals surface area contributed by atoms with E-state index in [-0.39, 0.29) is 5.91 Å². The van der Waals surface area contributed by atoms with Gasteiger partial charge in [0.1, 0.15) is 5.69 Å². The number of carbonyl (C=O) groups is 1. The van der Waals surface area contributed by atoms with E-state index >= 15 is 0 Å². The zero-order valence-corrected chi connectivity index (χ0v) is 14.4. The van der Waals surface area contributed by atoms with Crippen molar-refractivity contribution in [3.05, 3.63) is 78.4 Å². The first kappa shape index (κ1) is 19.2. The summed E-state index contributed by atoms with van der Waals surface area (Å²) in [6, 6.07) is 16.7. The zero-order valence-electron chi connectivity index (χ0n) is 14.4. The van der Waals surface area contributed by atoms with E-state index in [4.69, 9.17) is 11.5 Å². The standard InChI is InChI=1S/C11H11N3.C8H11N3O/c12-8-9-4-3-6-11(14-9)10-5-1-2-7-13-10;9-4-6-11-8(12)7-3-1-2-5-10-7/h1-7H,8,12H2;1-3,5H,4,6,9H2,(H,11,12). The largest absolute Gasteiger partial charge is 0.349 e. The molecule has 1 amide bonds. The van der Waals surface area contributed by atoms with Gasteiger partial charge >= 0.3 is 0 Å². The normalized spacial score (nSPS) is 9.77. The van der Waals surface area contributed by atoms with Crippen LogP contribution in [0.4, 0.5) is 0 Å². The maximum Gasteiger partial charge on any atom is 0.269 e. The second-order valence-corrected chi connectivity index (χ2v) is 5.19. The lowest BCUT2D eigenvalue weighted by molar-refractivity contribution is 0.0950. The first-order valence-corrected chi connectivity index (χ1v) is 8.21. The Bertz CT molecular complexity index is 795. The Morgan fingerprint density at radius 3 is 2.23 bits per heavy atom. The Morgan fingerprint density at radius 2 is 1.62 bits per heavy atom. The molecule has 0 saturated carbocycles. The Morgan fingerprint density at radius 1 is 0.885 bits per heavy atom. The van der Waals surface area contributed by atoms with E-state index in [2.05, 4.69) is 20.3 Å². The highest BCUT2D eigenvalue weighted by molar-refractivity contribution is 5.92. The van der Waals surface area contributed by atoms with Crippen molar-refractivity contribution in [2.24, 2.45) is 11.5 Å². The zero-order chi connectivity index (χ0) is 18.6. The number of nitrogens with one attached hydrogen (secondary N) is 1. The van der Waals surface area contributed by atoms with Crippen LogP contribution >= 0.6 is 0 Å². The van der Waals surface area contributed by atoms with Crippen molar-refractivity contribution in [3.63, 3.8) is 0 Å². The molecule has 0 fully saturated rings. The van der Waals surface area contributed by atoms with Crippen molar-refractivity contribution in [2.75, 3.05) is 13.1 Å². The molecule has 0 bridgehead atoms. The summed E-state index contributed by atoms with van der Waals surface area (Å²) in [7, 11) is 0. The van der Waals surface area contributed by atoms with Gasteiger partial charge < -0.3 is 16.8 Å². The minimum Gasteiger partial charge on any atom is -0.349 e. The summed E-state index contributed by atoms with van der Waals surface area (Å²) in [5.74, 6) is -0.180. The lowest BCUT2D eigenvalue weighted by Gasteiger charge is -2.01. The second-order valence-electron chi connectivity index (χ2n) is 5.19. The van der Waals surface area contributed by atoms with Crippen molar-refractivity contribution >= 4 is 5.91 Å². The molecule has 134 valence electrons. The van der Waals surface area contributed by atoms with E-state index in [1.165, 1.54) is 0 Å². The number of pyridine rings is 3. The van der Waals surface area contributed by atoms with Crippen LogP contribution in [-0.2, 0) is 6.54 Å². The maximum atomic E-state index is 11.2. The van der Waals surface area contributed by atoms with Crippen molar-refractivity contribution in [1.82, 2.24) is 20.3 Å². The third kappa shape index (κ3) is 6.04. The lowest BCUT2D eigenvalue weighted by atomic mass is 10.2. The van der Waals surface area contributed by atoms with Gasteiger partial charge in [0.25, 0.3) is 5.91 Å². The highest BCUT2D eigenvalue weighted by Crippen LogP contribution is 2.13. The fraction of sp³-hybridized carbons (Fsp3) is 0.158. The molecule has 0 aliphatic heterocycles. The number of carbonyl (C=O) groups excluding carboxylic acids is 1. The fourth-order valence-corrected chi connectivity index (χ4v) is 2.02. The molecule has 0 aliphatic rings. The number of nitrogens with two attached hydrogens (primary N) is 2. The molecule has 7 nitrogen and oxygen atoms in total. The molecule has 0 unspecified atom stereocenters. The van der Waals surface area contributed by atoms with E-state index in [1.807, 2.05) is 36.4 Å². The van der Waals surface area contributed by atoms with Gasteiger partial charge in [-0.05, 0) is 36.4 Å². The average Bonchev–Trinajstić information content (AvgIpc) is 2.74. The minimum atomic E-state index is -0.180. The molecule has 3 heterocycles. The van der Waals surface area contributed by atoms with E-state index in [1.54, 1.807) is 30.6 Å². The summed E-state index contributed by atoms with van der Waals surface area (Å²) in [6.45, 7) is 1.38. The van der Waals surface area contributed by atoms with E-state index in [0.717, 1.165) is 17.1 Å². The van der Waals surface area contributed by atoms with Crippen LogP contribution in [0.25, 0.3) is 11.4 Å². The topological polar surface area (TPSA) is 120 Å². The van der Waals surface area contributed by atoms with Gasteiger partial charge in [-0.3, -0.25) is 14.8 Å². The van der Waals surface area contributed by atoms with Crippen LogP contribution in [0.15, 0.2) is 67.0 Å². The Hall–Kier alpha value is -3.16. The summed E-state index contributed by atoms with van der Waals surface area (Å²) in [4.78, 5) is 23.6. The summed E-state index contributed by atoms with van der Waals surface area (Å²) in [5.41, 5.74) is 13.8. The quantitative estimate of drug-likeness (QED) is 0.639. The van der Waals surface area contributed by atoms with Crippen molar-refractivity contribution in [2.45, 2.75) is 6.54 Å². The van der Waals surface area contributed by atoms with E-state index < -0.39 is 0 Å². The summed E-state index contributed by atoms with van der Waals surface area (Å²) >= 11 is 0. The average molecular weight is 350 g/mol. The maximum absolute atomic E-state index is 11.2. The summed E-state index contributed by atoms with van der Waals surface area (Å²) in [6.07, 6.45) is 3.34. The molecule has 0 spiro atoms. The fourth-order valence-electron chi connectivity index (χ4n) is 2.02. The van der Waals surface area contributed by atoms with E-state index in [9.17, 15) is 4.79 Å². The van der Waals surface area contributed by atoms with E-state index in [0.29, 0.717) is 25.3 Å². The highest BCUT2D eigenvalue weighted by Gasteiger charge is 2.03. The number of hydrogen-bond donors (Lipinski definition) is 3. The van der Waals surface area contributed by atoms with Gasteiger partial charge in [0.15, 0.2) is 0 Å². The summed E-state index contributed by atoms with van der Waals surface area (Å²) in [5, 5.41) is 2.62. The number of hydrogen-bond acceptors (Lipinski definition) is 6. The monoisotopic (exact) mass is 350 g/mol. The van der Waals surface area contributed by atoms with Gasteiger partial charge in [-0.25, -0.2) is 4.98 Å². The molecule has 5 N–H and O–H groups in total. The van der Waals surface area contributed by atoms with Crippen molar-refractivity contribution in [3.8, 4) is 11.4 Å². The molecule has 3 rings (SSSR count). The highest BCUT2D eigenvalue weighted by atomic mass is 16.1. The molecule has 26 heavy (non-hydrogen) atoms. The Kier molecular flexibility index (Phi) is 7.85. The number of aromatic nitrogens is 3. The predicted octanol–water partition coefficient (Wildman–Crippen LogP) is 1.37. The van der Waals surface area contributed by atoms with Crippen LogP contribution in [0.1, 0.15) is 16.2 Å². The van der Waals surface area contributed by atoms with Crippen molar-refractivity contribution in [1.29, 1.82) is 0 Å². The third-order valence-corrected chi connectivity index (χ3v) is 3.27. The molecule has 0 saturated heterocycles. The molecule has 7 heteroatoms. The first-order chi connectivity index (χ1) is 12.7. The molecule has 0 aliphatic carbocycles. The molecule has 0 atom stereocenters. The molecule has 0 aromatic carbocycles. The van der Waals surface area contributed by atoms with Gasteiger partial charge in [0.05, 0.1) is 17.1 Å². The molecule has 0 radical (unpaired) electrons. The predicted molar refractivity (Wildman–Crippen MR) is 101 cm³/mol. The van der Waals surface area contributed by atoms with Gasteiger partial charge in [0, 0.05) is 32.0 Å². The van der Waals surface area contributed by atoms with Crippen LogP contribution in [0.3, 0.4) is 0 Å². The SMILES string of the molecule is NCCNC(=O)c1ccccn1.NCc1cccc(-c2ccccn2)n1. The van der Waals surface area contributed by atoms with Gasteiger partial charge in [-0.2, -0.15) is 0 Å². The lowest BCUT2D eigenvalue weighted by Crippen LogP contribution is -2.29. The van der Waals surface area contributed by atoms with Crippen LogP contribution in [0.2, 0.25) is 0 Å². The number of rotatable bonds is 5. The van der Waals surface area contributed by atoms with Crippen LogP contribution in [0.5, 0.6) is 0 Å². The Balaban J connectivity index is 0.000000190. The molecule has 3 aromatic rings. The number of amides is 1. The van der Waals surface area contributed by atoms with Gasteiger partial charge in [-0.15, -0.1) is 0 Å². The number of nitrogens with zero attached hydrogens (tertiary/aromatic N) is 3. The van der Waals surface area contributed by atoms with Crippen LogP contribution in [0, 0.1) is 0 Å². The second kappa shape index (κ2) is 10.7. The third-order valence-electron chi connectivity index (χ3n) is 3.27. The van der Waals surface area contributed by atoms with Crippen LogP contribution in [-0.4, -0.2) is 33.9 Å². The van der Waals surface area contributed by atoms with Crippen LogP contribution < -0.4 is 16.8 Å².